The van der Waals surface area contributed by atoms with Crippen molar-refractivity contribution in [3.8, 4) is 0 Å². The molecule has 0 aliphatic carbocycles. The van der Waals surface area contributed by atoms with Gasteiger partial charge in [-0.2, -0.15) is 11.8 Å². The van der Waals surface area contributed by atoms with Crippen LogP contribution in [0.25, 0.3) is 0 Å². The van der Waals surface area contributed by atoms with Crippen molar-refractivity contribution in [2.75, 3.05) is 16.4 Å². The number of para-hydroxylation sites is 1. The summed E-state index contributed by atoms with van der Waals surface area (Å²) in [6.07, 6.45) is 1.27. The minimum Gasteiger partial charge on any atom is -0.480 e. The van der Waals surface area contributed by atoms with Crippen LogP contribution in [-0.4, -0.2) is 34.5 Å². The maximum absolute atomic E-state index is 12.6. The Balaban J connectivity index is 1.95. The third-order valence-electron chi connectivity index (χ3n) is 3.78. The summed E-state index contributed by atoms with van der Waals surface area (Å²) < 4.78 is 0. The fourth-order valence-electron chi connectivity index (χ4n) is 2.78. The van der Waals surface area contributed by atoms with Gasteiger partial charge in [0.1, 0.15) is 6.04 Å². The summed E-state index contributed by atoms with van der Waals surface area (Å²) in [5.41, 5.74) is 1.73. The zero-order chi connectivity index (χ0) is 13.4. The molecule has 2 aliphatic rings. The van der Waals surface area contributed by atoms with E-state index in [2.05, 4.69) is 0 Å². The Bertz CT molecular complexity index is 525. The number of thioether (sulfide) groups is 1. The van der Waals surface area contributed by atoms with Crippen LogP contribution in [0.15, 0.2) is 24.3 Å². The molecule has 100 valence electrons. The van der Waals surface area contributed by atoms with Crippen LogP contribution in [0.3, 0.4) is 0 Å². The Kier molecular flexibility index (Phi) is 3.22. The van der Waals surface area contributed by atoms with Crippen LogP contribution >= 0.6 is 11.8 Å². The van der Waals surface area contributed by atoms with Gasteiger partial charge >= 0.3 is 5.97 Å². The number of anilines is 1. The zero-order valence-electron chi connectivity index (χ0n) is 10.4. The first-order valence-corrected chi connectivity index (χ1v) is 7.55. The van der Waals surface area contributed by atoms with E-state index in [1.807, 2.05) is 24.3 Å². The molecule has 1 fully saturated rings. The summed E-state index contributed by atoms with van der Waals surface area (Å²) in [6, 6.07) is 6.75. The topological polar surface area (TPSA) is 57.6 Å². The molecule has 2 heterocycles. The lowest BCUT2D eigenvalue weighted by Gasteiger charge is -2.25. The van der Waals surface area contributed by atoms with E-state index in [0.717, 1.165) is 29.2 Å². The van der Waals surface area contributed by atoms with Gasteiger partial charge in [-0.05, 0) is 23.8 Å². The number of amides is 1. The lowest BCUT2D eigenvalue weighted by molar-refractivity contribution is -0.140. The number of fused-ring (bicyclic) bond motifs is 1. The molecule has 0 aromatic heterocycles. The molecule has 0 bridgehead atoms. The Morgan fingerprint density at radius 2 is 2.11 bits per heavy atom. The van der Waals surface area contributed by atoms with Crippen LogP contribution in [0, 0.1) is 5.92 Å². The van der Waals surface area contributed by atoms with Crippen molar-refractivity contribution in [3.63, 3.8) is 0 Å². The van der Waals surface area contributed by atoms with Gasteiger partial charge in [-0.3, -0.25) is 9.69 Å². The van der Waals surface area contributed by atoms with Crippen molar-refractivity contribution in [2.45, 2.75) is 18.9 Å². The molecule has 1 saturated heterocycles. The molecule has 3 rings (SSSR count). The summed E-state index contributed by atoms with van der Waals surface area (Å²) in [6.45, 7) is 0. The van der Waals surface area contributed by atoms with E-state index in [1.54, 1.807) is 11.8 Å². The molecule has 1 amide bonds. The second kappa shape index (κ2) is 4.89. The normalized spacial score (nSPS) is 25.4. The fraction of sp³-hybridized carbons (Fsp3) is 0.429. The van der Waals surface area contributed by atoms with Gasteiger partial charge in [-0.25, -0.2) is 4.79 Å². The van der Waals surface area contributed by atoms with E-state index < -0.39 is 12.0 Å². The predicted molar refractivity (Wildman–Crippen MR) is 74.5 cm³/mol. The van der Waals surface area contributed by atoms with Gasteiger partial charge in [-0.1, -0.05) is 18.2 Å². The van der Waals surface area contributed by atoms with Crippen LogP contribution in [0.5, 0.6) is 0 Å². The molecule has 5 heteroatoms. The van der Waals surface area contributed by atoms with E-state index in [1.165, 1.54) is 4.90 Å². The molecule has 0 radical (unpaired) electrons. The van der Waals surface area contributed by atoms with Gasteiger partial charge in [0, 0.05) is 23.8 Å². The number of benzene rings is 1. The number of carboxylic acid groups (broad SMARTS) is 1. The van der Waals surface area contributed by atoms with Gasteiger partial charge in [0.05, 0.1) is 0 Å². The first-order valence-electron chi connectivity index (χ1n) is 6.40. The molecule has 1 unspecified atom stereocenters. The van der Waals surface area contributed by atoms with E-state index >= 15 is 0 Å². The predicted octanol–water partition coefficient (Wildman–Crippen LogP) is 1.78. The van der Waals surface area contributed by atoms with Gasteiger partial charge < -0.3 is 5.11 Å². The van der Waals surface area contributed by atoms with Gasteiger partial charge in [-0.15, -0.1) is 0 Å². The van der Waals surface area contributed by atoms with Gasteiger partial charge in [0.15, 0.2) is 0 Å². The number of carboxylic acids is 1. The first-order chi connectivity index (χ1) is 9.18. The highest BCUT2D eigenvalue weighted by atomic mass is 32.2. The standard InChI is InChI=1S/C14H15NO3S/c16-13(10-5-6-19-8-10)15-11-4-2-1-3-9(11)7-12(15)14(17)18/h1-4,10,12H,5-8H2,(H,17,18)/t10?,12-/m0/s1. The molecular weight excluding hydrogens is 262 g/mol. The molecule has 1 aromatic carbocycles. The highest BCUT2D eigenvalue weighted by molar-refractivity contribution is 7.99. The summed E-state index contributed by atoms with van der Waals surface area (Å²) in [4.78, 5) is 25.5. The number of aliphatic carboxylic acids is 1. The minimum absolute atomic E-state index is 0.0256. The highest BCUT2D eigenvalue weighted by Crippen LogP contribution is 2.35. The van der Waals surface area contributed by atoms with Crippen LogP contribution in [0.2, 0.25) is 0 Å². The first kappa shape index (κ1) is 12.5. The summed E-state index contributed by atoms with van der Waals surface area (Å²) >= 11 is 1.77. The summed E-state index contributed by atoms with van der Waals surface area (Å²) in [7, 11) is 0. The Morgan fingerprint density at radius 3 is 2.79 bits per heavy atom. The minimum atomic E-state index is -0.921. The number of hydrogen-bond acceptors (Lipinski definition) is 3. The lowest BCUT2D eigenvalue weighted by Crippen LogP contribution is -2.45. The number of carbonyl (C=O) groups excluding carboxylic acids is 1. The average Bonchev–Trinajstić information content (AvgIpc) is 3.05. The van der Waals surface area contributed by atoms with Crippen LogP contribution < -0.4 is 4.90 Å². The van der Waals surface area contributed by atoms with Crippen molar-refractivity contribution in [1.29, 1.82) is 0 Å². The molecular formula is C14H15NO3S. The Labute approximate surface area is 115 Å². The number of rotatable bonds is 2. The third kappa shape index (κ3) is 2.12. The maximum atomic E-state index is 12.6. The van der Waals surface area contributed by atoms with Crippen molar-refractivity contribution >= 4 is 29.3 Å². The van der Waals surface area contributed by atoms with Gasteiger partial charge in [0.25, 0.3) is 0 Å². The summed E-state index contributed by atoms with van der Waals surface area (Å²) in [5.74, 6) is 0.823. The van der Waals surface area contributed by atoms with Crippen LogP contribution in [0.4, 0.5) is 5.69 Å². The molecule has 4 nitrogen and oxygen atoms in total. The molecule has 19 heavy (non-hydrogen) atoms. The maximum Gasteiger partial charge on any atom is 0.327 e. The second-order valence-corrected chi connectivity index (χ2v) is 6.11. The Hall–Kier alpha value is -1.49. The third-order valence-corrected chi connectivity index (χ3v) is 4.94. The van der Waals surface area contributed by atoms with Crippen molar-refractivity contribution < 1.29 is 14.7 Å². The molecule has 2 aliphatic heterocycles. The monoisotopic (exact) mass is 277 g/mol. The van der Waals surface area contributed by atoms with E-state index in [9.17, 15) is 14.7 Å². The van der Waals surface area contributed by atoms with Crippen LogP contribution in [0.1, 0.15) is 12.0 Å². The molecule has 1 N–H and O–H groups in total. The second-order valence-electron chi connectivity index (χ2n) is 4.96. The molecule has 0 saturated carbocycles. The number of hydrogen-bond donors (Lipinski definition) is 1. The molecule has 2 atom stereocenters. The van der Waals surface area contributed by atoms with Crippen molar-refractivity contribution in [1.82, 2.24) is 0 Å². The van der Waals surface area contributed by atoms with E-state index in [-0.39, 0.29) is 11.8 Å². The summed E-state index contributed by atoms with van der Waals surface area (Å²) in [5, 5.41) is 9.35. The van der Waals surface area contributed by atoms with Crippen LogP contribution in [-0.2, 0) is 16.0 Å². The Morgan fingerprint density at radius 1 is 1.32 bits per heavy atom. The zero-order valence-corrected chi connectivity index (χ0v) is 11.2. The largest absolute Gasteiger partial charge is 0.480 e. The SMILES string of the molecule is O=C(O)[C@@H]1Cc2ccccc2N1C(=O)C1CCSC1. The number of carbonyl (C=O) groups is 2. The van der Waals surface area contributed by atoms with E-state index in [0.29, 0.717) is 6.42 Å². The van der Waals surface area contributed by atoms with Crippen molar-refractivity contribution in [2.24, 2.45) is 5.92 Å². The molecule has 1 aromatic rings. The quantitative estimate of drug-likeness (QED) is 0.895. The highest BCUT2D eigenvalue weighted by Gasteiger charge is 2.41. The molecule has 0 spiro atoms. The smallest absolute Gasteiger partial charge is 0.327 e. The fourth-order valence-corrected chi connectivity index (χ4v) is 3.99. The van der Waals surface area contributed by atoms with Crippen molar-refractivity contribution in [3.05, 3.63) is 29.8 Å². The number of nitrogens with zero attached hydrogens (tertiary/aromatic N) is 1. The lowest BCUT2D eigenvalue weighted by atomic mass is 10.1. The average molecular weight is 277 g/mol. The van der Waals surface area contributed by atoms with Gasteiger partial charge in [0.2, 0.25) is 5.91 Å². The van der Waals surface area contributed by atoms with E-state index in [4.69, 9.17) is 0 Å².